The lowest BCUT2D eigenvalue weighted by Gasteiger charge is -2.12. The number of ketones is 1. The molecule has 0 bridgehead atoms. The molecule has 3 rings (SSSR count). The minimum atomic E-state index is -0.430. The van der Waals surface area contributed by atoms with E-state index in [0.29, 0.717) is 22.8 Å². The number of halogens is 1. The van der Waals surface area contributed by atoms with Crippen LogP contribution in [0.2, 0.25) is 5.02 Å². The van der Waals surface area contributed by atoms with Crippen LogP contribution in [-0.4, -0.2) is 11.8 Å². The molecule has 3 nitrogen and oxygen atoms in total. The van der Waals surface area contributed by atoms with Crippen molar-refractivity contribution in [3.63, 3.8) is 0 Å². The van der Waals surface area contributed by atoms with Gasteiger partial charge < -0.3 is 4.74 Å². The summed E-state index contributed by atoms with van der Waals surface area (Å²) >= 11 is 5.80. The molecule has 0 spiro atoms. The van der Waals surface area contributed by atoms with E-state index >= 15 is 0 Å². The molecule has 0 unspecified atom stereocenters. The van der Waals surface area contributed by atoms with Crippen LogP contribution in [0.25, 0.3) is 6.08 Å². The summed E-state index contributed by atoms with van der Waals surface area (Å²) in [4.78, 5) is 23.9. The molecule has 122 valence electrons. The van der Waals surface area contributed by atoms with Gasteiger partial charge in [-0.05, 0) is 72.9 Å². The van der Waals surface area contributed by atoms with E-state index in [1.54, 1.807) is 36.4 Å². The zero-order valence-corrected chi connectivity index (χ0v) is 13.9. The van der Waals surface area contributed by atoms with Crippen molar-refractivity contribution >= 4 is 29.4 Å². The molecule has 2 aromatic carbocycles. The SMILES string of the molecule is O=C1CCCC/C1=C/c1ccc(OC(=O)c2ccc(Cl)cc2)cc1. The Kier molecular flexibility index (Phi) is 5.11. The summed E-state index contributed by atoms with van der Waals surface area (Å²) in [5, 5.41) is 0.571. The Bertz CT molecular complexity index is 774. The first-order valence-electron chi connectivity index (χ1n) is 7.93. The van der Waals surface area contributed by atoms with Crippen molar-refractivity contribution in [2.75, 3.05) is 0 Å². The first kappa shape index (κ1) is 16.5. The fourth-order valence-corrected chi connectivity index (χ4v) is 2.76. The maximum absolute atomic E-state index is 12.0. The Morgan fingerprint density at radius 2 is 1.62 bits per heavy atom. The maximum atomic E-state index is 12.0. The molecule has 0 N–H and O–H groups in total. The highest BCUT2D eigenvalue weighted by Crippen LogP contribution is 2.23. The second-order valence-corrected chi connectivity index (χ2v) is 6.20. The molecule has 0 saturated heterocycles. The topological polar surface area (TPSA) is 43.4 Å². The van der Waals surface area contributed by atoms with Crippen LogP contribution in [0, 0.1) is 0 Å². The van der Waals surface area contributed by atoms with Gasteiger partial charge in [-0.3, -0.25) is 4.79 Å². The number of hydrogen-bond donors (Lipinski definition) is 0. The predicted octanol–water partition coefficient (Wildman–Crippen LogP) is 5.09. The number of allylic oxidation sites excluding steroid dienone is 1. The summed E-state index contributed by atoms with van der Waals surface area (Å²) in [5.74, 6) is 0.270. The number of rotatable bonds is 3. The predicted molar refractivity (Wildman–Crippen MR) is 94.3 cm³/mol. The number of ether oxygens (including phenoxy) is 1. The molecule has 0 aromatic heterocycles. The van der Waals surface area contributed by atoms with E-state index in [4.69, 9.17) is 16.3 Å². The van der Waals surface area contributed by atoms with Gasteiger partial charge in [0, 0.05) is 11.4 Å². The zero-order chi connectivity index (χ0) is 16.9. The highest BCUT2D eigenvalue weighted by molar-refractivity contribution is 6.30. The van der Waals surface area contributed by atoms with Crippen molar-refractivity contribution < 1.29 is 14.3 Å². The van der Waals surface area contributed by atoms with E-state index in [0.717, 1.165) is 30.4 Å². The molecule has 1 aliphatic carbocycles. The molecule has 0 amide bonds. The Morgan fingerprint density at radius 3 is 2.29 bits per heavy atom. The van der Waals surface area contributed by atoms with E-state index < -0.39 is 5.97 Å². The van der Waals surface area contributed by atoms with Crippen LogP contribution in [0.5, 0.6) is 5.75 Å². The van der Waals surface area contributed by atoms with Crippen molar-refractivity contribution in [1.29, 1.82) is 0 Å². The molecule has 1 aliphatic rings. The molecular formula is C20H17ClO3. The van der Waals surface area contributed by atoms with E-state index in [1.807, 2.05) is 18.2 Å². The lowest BCUT2D eigenvalue weighted by molar-refractivity contribution is -0.116. The van der Waals surface area contributed by atoms with Gasteiger partial charge in [-0.1, -0.05) is 23.7 Å². The van der Waals surface area contributed by atoms with Crippen molar-refractivity contribution in [3.8, 4) is 5.75 Å². The lowest BCUT2D eigenvalue weighted by Crippen LogP contribution is -2.08. The molecule has 0 aliphatic heterocycles. The van der Waals surface area contributed by atoms with Crippen LogP contribution in [0.4, 0.5) is 0 Å². The minimum absolute atomic E-state index is 0.236. The molecule has 0 atom stereocenters. The highest BCUT2D eigenvalue weighted by Gasteiger charge is 2.14. The van der Waals surface area contributed by atoms with Gasteiger partial charge >= 0.3 is 5.97 Å². The number of esters is 1. The van der Waals surface area contributed by atoms with Gasteiger partial charge in [0.15, 0.2) is 5.78 Å². The van der Waals surface area contributed by atoms with Crippen molar-refractivity contribution in [2.45, 2.75) is 25.7 Å². The number of carbonyl (C=O) groups excluding carboxylic acids is 2. The van der Waals surface area contributed by atoms with Gasteiger partial charge in [0.2, 0.25) is 0 Å². The average molecular weight is 341 g/mol. The molecule has 2 aromatic rings. The molecule has 1 fully saturated rings. The number of carbonyl (C=O) groups is 2. The van der Waals surface area contributed by atoms with Gasteiger partial charge in [0.25, 0.3) is 0 Å². The standard InChI is InChI=1S/C20H17ClO3/c21-17-9-7-15(8-10-17)20(23)24-18-11-5-14(6-12-18)13-16-3-1-2-4-19(16)22/h5-13H,1-4H2/b16-13-. The summed E-state index contributed by atoms with van der Waals surface area (Å²) in [6.45, 7) is 0. The normalized spacial score (nSPS) is 16.2. The van der Waals surface area contributed by atoms with Crippen LogP contribution in [0.15, 0.2) is 54.1 Å². The fraction of sp³-hybridized carbons (Fsp3) is 0.200. The van der Waals surface area contributed by atoms with Crippen LogP contribution in [-0.2, 0) is 4.79 Å². The molecule has 4 heteroatoms. The van der Waals surface area contributed by atoms with E-state index in [2.05, 4.69) is 0 Å². The van der Waals surface area contributed by atoms with Crippen molar-refractivity contribution in [2.24, 2.45) is 0 Å². The Balaban J connectivity index is 1.68. The third-order valence-electron chi connectivity index (χ3n) is 3.97. The lowest BCUT2D eigenvalue weighted by atomic mass is 9.92. The van der Waals surface area contributed by atoms with Gasteiger partial charge in [-0.2, -0.15) is 0 Å². The van der Waals surface area contributed by atoms with E-state index in [-0.39, 0.29) is 5.78 Å². The first-order chi connectivity index (χ1) is 11.6. The number of hydrogen-bond acceptors (Lipinski definition) is 3. The van der Waals surface area contributed by atoms with Gasteiger partial charge in [0.1, 0.15) is 5.75 Å². The second-order valence-electron chi connectivity index (χ2n) is 5.77. The van der Waals surface area contributed by atoms with Gasteiger partial charge in [-0.25, -0.2) is 4.79 Å². The largest absolute Gasteiger partial charge is 0.423 e. The molecular weight excluding hydrogens is 324 g/mol. The number of Topliss-reactive ketones (excluding diaryl/α,β-unsaturated/α-hetero) is 1. The smallest absolute Gasteiger partial charge is 0.343 e. The molecule has 0 heterocycles. The summed E-state index contributed by atoms with van der Waals surface area (Å²) < 4.78 is 5.34. The van der Waals surface area contributed by atoms with Crippen molar-refractivity contribution in [1.82, 2.24) is 0 Å². The minimum Gasteiger partial charge on any atom is -0.423 e. The van der Waals surface area contributed by atoms with Crippen LogP contribution in [0.3, 0.4) is 0 Å². The summed E-state index contributed by atoms with van der Waals surface area (Å²) in [6, 6.07) is 13.7. The average Bonchev–Trinajstić information content (AvgIpc) is 2.59. The molecule has 24 heavy (non-hydrogen) atoms. The highest BCUT2D eigenvalue weighted by atomic mass is 35.5. The van der Waals surface area contributed by atoms with Gasteiger partial charge in [0.05, 0.1) is 5.56 Å². The Hall–Kier alpha value is -2.39. The zero-order valence-electron chi connectivity index (χ0n) is 13.1. The van der Waals surface area contributed by atoms with E-state index in [9.17, 15) is 9.59 Å². The second kappa shape index (κ2) is 7.45. The fourth-order valence-electron chi connectivity index (χ4n) is 2.64. The van der Waals surface area contributed by atoms with Crippen LogP contribution in [0.1, 0.15) is 41.6 Å². The first-order valence-corrected chi connectivity index (χ1v) is 8.31. The quantitative estimate of drug-likeness (QED) is 0.444. The van der Waals surface area contributed by atoms with Crippen LogP contribution >= 0.6 is 11.6 Å². The van der Waals surface area contributed by atoms with Crippen LogP contribution < -0.4 is 4.74 Å². The molecule has 0 radical (unpaired) electrons. The third-order valence-corrected chi connectivity index (χ3v) is 4.22. The Morgan fingerprint density at radius 1 is 0.958 bits per heavy atom. The summed E-state index contributed by atoms with van der Waals surface area (Å²) in [6.07, 6.45) is 5.45. The maximum Gasteiger partial charge on any atom is 0.343 e. The Labute approximate surface area is 145 Å². The third kappa shape index (κ3) is 4.12. The summed E-state index contributed by atoms with van der Waals surface area (Å²) in [7, 11) is 0. The van der Waals surface area contributed by atoms with Crippen molar-refractivity contribution in [3.05, 3.63) is 70.3 Å². The monoisotopic (exact) mass is 340 g/mol. The van der Waals surface area contributed by atoms with E-state index in [1.165, 1.54) is 0 Å². The van der Waals surface area contributed by atoms with Gasteiger partial charge in [-0.15, -0.1) is 0 Å². The molecule has 1 saturated carbocycles. The number of benzene rings is 2. The summed E-state index contributed by atoms with van der Waals surface area (Å²) in [5.41, 5.74) is 2.26.